The Labute approximate surface area is 124 Å². The molecule has 0 aliphatic heterocycles. The van der Waals surface area contributed by atoms with E-state index in [-0.39, 0.29) is 12.0 Å². The van der Waals surface area contributed by atoms with Gasteiger partial charge < -0.3 is 5.73 Å². The van der Waals surface area contributed by atoms with E-state index in [1.54, 1.807) is 0 Å². The Hall–Kier alpha value is -1.82. The van der Waals surface area contributed by atoms with Crippen molar-refractivity contribution in [2.24, 2.45) is 5.73 Å². The molecule has 0 aliphatic carbocycles. The van der Waals surface area contributed by atoms with Crippen LogP contribution in [0.5, 0.6) is 0 Å². The molecular formula is C17H17ClN2. The van der Waals surface area contributed by atoms with Crippen LogP contribution < -0.4 is 5.73 Å². The highest BCUT2D eigenvalue weighted by atomic mass is 35.5. The summed E-state index contributed by atoms with van der Waals surface area (Å²) in [5, 5.41) is 9.74. The Kier molecular flexibility index (Phi) is 4.79. The summed E-state index contributed by atoms with van der Waals surface area (Å²) >= 11 is 5.91. The number of nitrogens with two attached hydrogens (primary N) is 1. The molecule has 2 aromatic carbocycles. The van der Waals surface area contributed by atoms with E-state index in [9.17, 15) is 0 Å². The number of hydrogen-bond acceptors (Lipinski definition) is 2. The van der Waals surface area contributed by atoms with Gasteiger partial charge in [-0.05, 0) is 48.7 Å². The van der Waals surface area contributed by atoms with Crippen molar-refractivity contribution in [2.75, 3.05) is 0 Å². The zero-order valence-corrected chi connectivity index (χ0v) is 12.1. The van der Waals surface area contributed by atoms with Crippen LogP contribution in [0.2, 0.25) is 5.02 Å². The van der Waals surface area contributed by atoms with Gasteiger partial charge in [0.1, 0.15) is 0 Å². The fourth-order valence-electron chi connectivity index (χ4n) is 2.32. The molecule has 3 heteroatoms. The highest BCUT2D eigenvalue weighted by molar-refractivity contribution is 6.30. The lowest BCUT2D eigenvalue weighted by Gasteiger charge is -2.21. The van der Waals surface area contributed by atoms with Crippen LogP contribution in [0, 0.1) is 11.3 Å². The molecule has 2 rings (SSSR count). The fourth-order valence-corrected chi connectivity index (χ4v) is 2.45. The number of hydrogen-bond donors (Lipinski definition) is 1. The zero-order chi connectivity index (χ0) is 14.5. The molecular weight excluding hydrogens is 268 g/mol. The molecule has 20 heavy (non-hydrogen) atoms. The van der Waals surface area contributed by atoms with Crippen LogP contribution in [0.25, 0.3) is 0 Å². The van der Waals surface area contributed by atoms with Gasteiger partial charge in [0.2, 0.25) is 0 Å². The van der Waals surface area contributed by atoms with Gasteiger partial charge in [0.15, 0.2) is 0 Å². The summed E-state index contributed by atoms with van der Waals surface area (Å²) in [5.41, 5.74) is 9.10. The van der Waals surface area contributed by atoms with E-state index >= 15 is 0 Å². The molecule has 0 heterocycles. The molecule has 0 saturated heterocycles. The molecule has 0 radical (unpaired) electrons. The topological polar surface area (TPSA) is 49.8 Å². The highest BCUT2D eigenvalue weighted by Crippen LogP contribution is 2.25. The van der Waals surface area contributed by atoms with Crippen molar-refractivity contribution in [1.29, 1.82) is 5.26 Å². The lowest BCUT2D eigenvalue weighted by Crippen LogP contribution is -2.26. The summed E-state index contributed by atoms with van der Waals surface area (Å²) in [4.78, 5) is 0. The van der Waals surface area contributed by atoms with Crippen LogP contribution in [0.3, 0.4) is 0 Å². The van der Waals surface area contributed by atoms with Gasteiger partial charge in [0, 0.05) is 17.0 Å². The second kappa shape index (κ2) is 6.56. The van der Waals surface area contributed by atoms with E-state index in [0.717, 1.165) is 17.0 Å². The van der Waals surface area contributed by atoms with Crippen LogP contribution >= 0.6 is 11.6 Å². The average molecular weight is 285 g/mol. The third-order valence-corrected chi connectivity index (χ3v) is 3.70. The Balaban J connectivity index is 2.27. The van der Waals surface area contributed by atoms with Crippen LogP contribution in [-0.2, 0) is 6.42 Å². The van der Waals surface area contributed by atoms with Crippen molar-refractivity contribution in [3.05, 3.63) is 70.2 Å². The molecule has 0 aliphatic rings. The molecule has 0 saturated carbocycles. The Morgan fingerprint density at radius 1 is 1.20 bits per heavy atom. The number of halogens is 1. The quantitative estimate of drug-likeness (QED) is 0.926. The molecule has 1 unspecified atom stereocenters. The second-order valence-corrected chi connectivity index (χ2v) is 5.47. The van der Waals surface area contributed by atoms with E-state index < -0.39 is 0 Å². The van der Waals surface area contributed by atoms with E-state index in [2.05, 4.69) is 6.07 Å². The van der Waals surface area contributed by atoms with Crippen LogP contribution in [-0.4, -0.2) is 6.04 Å². The maximum Gasteiger partial charge on any atom is 0.0991 e. The van der Waals surface area contributed by atoms with Gasteiger partial charge in [0.05, 0.1) is 11.6 Å². The Morgan fingerprint density at radius 3 is 2.50 bits per heavy atom. The first kappa shape index (κ1) is 14.6. The van der Waals surface area contributed by atoms with Gasteiger partial charge >= 0.3 is 0 Å². The number of rotatable bonds is 4. The summed E-state index contributed by atoms with van der Waals surface area (Å²) in [7, 11) is 0. The summed E-state index contributed by atoms with van der Waals surface area (Å²) in [6, 6.07) is 17.7. The van der Waals surface area contributed by atoms with Crippen molar-refractivity contribution in [2.45, 2.75) is 25.3 Å². The van der Waals surface area contributed by atoms with Gasteiger partial charge in [-0.3, -0.25) is 0 Å². The number of nitriles is 1. The summed E-state index contributed by atoms with van der Waals surface area (Å²) in [6.07, 6.45) is 0.837. The molecule has 102 valence electrons. The van der Waals surface area contributed by atoms with Crippen molar-refractivity contribution in [1.82, 2.24) is 0 Å². The summed E-state index contributed by atoms with van der Waals surface area (Å²) in [5.74, 6) is 0.185. The minimum absolute atomic E-state index is 0.0135. The molecule has 2 nitrogen and oxygen atoms in total. The fraction of sp³-hybridized carbons (Fsp3) is 0.235. The van der Waals surface area contributed by atoms with Crippen molar-refractivity contribution >= 4 is 11.6 Å². The van der Waals surface area contributed by atoms with E-state index in [1.807, 2.05) is 55.5 Å². The van der Waals surface area contributed by atoms with Gasteiger partial charge in [-0.2, -0.15) is 5.26 Å². The Bertz CT molecular complexity index is 612. The van der Waals surface area contributed by atoms with Crippen molar-refractivity contribution < 1.29 is 0 Å². The normalized spacial score (nSPS) is 13.5. The predicted octanol–water partition coefficient (Wildman–Crippen LogP) is 3.89. The van der Waals surface area contributed by atoms with Crippen LogP contribution in [0.15, 0.2) is 48.5 Å². The largest absolute Gasteiger partial charge is 0.327 e. The lowest BCUT2D eigenvalue weighted by molar-refractivity contribution is 0.565. The summed E-state index contributed by atoms with van der Waals surface area (Å²) < 4.78 is 0. The van der Waals surface area contributed by atoms with E-state index in [1.165, 1.54) is 5.56 Å². The smallest absolute Gasteiger partial charge is 0.0991 e. The SMILES string of the molecule is CC(N)[C@@H](Cc1ccc(Cl)cc1)c1cccc(C#N)c1. The average Bonchev–Trinajstić information content (AvgIpc) is 2.46. The van der Waals surface area contributed by atoms with Gasteiger partial charge in [-0.1, -0.05) is 35.9 Å². The summed E-state index contributed by atoms with van der Waals surface area (Å²) in [6.45, 7) is 2.00. The van der Waals surface area contributed by atoms with Gasteiger partial charge in [0.25, 0.3) is 0 Å². The van der Waals surface area contributed by atoms with E-state index in [0.29, 0.717) is 5.56 Å². The van der Waals surface area contributed by atoms with Gasteiger partial charge in [-0.15, -0.1) is 0 Å². The molecule has 0 spiro atoms. The van der Waals surface area contributed by atoms with Crippen molar-refractivity contribution in [3.63, 3.8) is 0 Å². The van der Waals surface area contributed by atoms with Crippen LogP contribution in [0.4, 0.5) is 0 Å². The van der Waals surface area contributed by atoms with Gasteiger partial charge in [-0.25, -0.2) is 0 Å². The third-order valence-electron chi connectivity index (χ3n) is 3.45. The predicted molar refractivity (Wildman–Crippen MR) is 82.7 cm³/mol. The minimum Gasteiger partial charge on any atom is -0.327 e. The third kappa shape index (κ3) is 3.60. The minimum atomic E-state index is 0.0135. The maximum absolute atomic E-state index is 9.01. The monoisotopic (exact) mass is 284 g/mol. The van der Waals surface area contributed by atoms with Crippen LogP contribution in [0.1, 0.15) is 29.5 Å². The highest BCUT2D eigenvalue weighted by Gasteiger charge is 2.17. The molecule has 0 bridgehead atoms. The first-order valence-electron chi connectivity index (χ1n) is 6.60. The molecule has 2 N–H and O–H groups in total. The maximum atomic E-state index is 9.01. The first-order valence-corrected chi connectivity index (χ1v) is 6.98. The molecule has 2 atom stereocenters. The first-order chi connectivity index (χ1) is 9.60. The number of nitrogens with zero attached hydrogens (tertiary/aromatic N) is 1. The zero-order valence-electron chi connectivity index (χ0n) is 11.4. The second-order valence-electron chi connectivity index (χ2n) is 5.03. The van der Waals surface area contributed by atoms with E-state index in [4.69, 9.17) is 22.6 Å². The molecule has 0 amide bonds. The Morgan fingerprint density at radius 2 is 1.90 bits per heavy atom. The standard InChI is InChI=1S/C17H17ClN2/c1-12(20)17(10-13-5-7-16(18)8-6-13)15-4-2-3-14(9-15)11-19/h2-9,12,17H,10,20H2,1H3/t12?,17-/m1/s1. The molecule has 0 fully saturated rings. The molecule has 0 aromatic heterocycles. The molecule has 2 aromatic rings. The van der Waals surface area contributed by atoms with Crippen molar-refractivity contribution in [3.8, 4) is 6.07 Å². The lowest BCUT2D eigenvalue weighted by atomic mass is 9.86. The number of benzene rings is 2.